The van der Waals surface area contributed by atoms with Gasteiger partial charge in [-0.05, 0) is 42.2 Å². The Morgan fingerprint density at radius 3 is 2.12 bits per heavy atom. The zero-order chi connectivity index (χ0) is 17.5. The predicted molar refractivity (Wildman–Crippen MR) is 90.6 cm³/mol. The van der Waals surface area contributed by atoms with Gasteiger partial charge in [0.15, 0.2) is 0 Å². The van der Waals surface area contributed by atoms with Gasteiger partial charge in [0.1, 0.15) is 5.82 Å². The summed E-state index contributed by atoms with van der Waals surface area (Å²) >= 11 is 0. The van der Waals surface area contributed by atoms with Crippen molar-refractivity contribution in [1.29, 1.82) is 0 Å². The lowest BCUT2D eigenvalue weighted by atomic mass is 10.1. The van der Waals surface area contributed by atoms with E-state index in [1.807, 2.05) is 31.2 Å². The molecule has 2 aromatic carbocycles. The Kier molecular flexibility index (Phi) is 6.07. The third-order valence-electron chi connectivity index (χ3n) is 3.81. The summed E-state index contributed by atoms with van der Waals surface area (Å²) in [6.45, 7) is 4.07. The Balaban J connectivity index is 1.85. The Labute approximate surface area is 141 Å². The normalized spacial score (nSPS) is 11.6. The molecular formula is C19H21FN2O2. The zero-order valence-electron chi connectivity index (χ0n) is 13.8. The van der Waals surface area contributed by atoms with Gasteiger partial charge in [0.2, 0.25) is 0 Å². The standard InChI is InChI=1S/C19H21FN2O2/c1-3-14-4-8-16(9-5-14)13(2)22-19(24)18(23)21-12-15-6-10-17(20)11-7-15/h4-11,13H,3,12H2,1-2H3,(H,21,23)(H,22,24). The van der Waals surface area contributed by atoms with Gasteiger partial charge in [-0.1, -0.05) is 43.3 Å². The molecule has 5 heteroatoms. The first-order valence-corrected chi connectivity index (χ1v) is 7.91. The topological polar surface area (TPSA) is 58.2 Å². The highest BCUT2D eigenvalue weighted by Crippen LogP contribution is 2.13. The van der Waals surface area contributed by atoms with Gasteiger partial charge in [0.05, 0.1) is 6.04 Å². The van der Waals surface area contributed by atoms with E-state index in [-0.39, 0.29) is 18.4 Å². The molecule has 0 aliphatic rings. The van der Waals surface area contributed by atoms with E-state index in [0.29, 0.717) is 0 Å². The van der Waals surface area contributed by atoms with Crippen molar-refractivity contribution in [2.75, 3.05) is 0 Å². The van der Waals surface area contributed by atoms with Crippen LogP contribution in [0.3, 0.4) is 0 Å². The Morgan fingerprint density at radius 2 is 1.54 bits per heavy atom. The highest BCUT2D eigenvalue weighted by molar-refractivity contribution is 6.35. The number of rotatable bonds is 5. The molecule has 0 aliphatic heterocycles. The molecule has 4 nitrogen and oxygen atoms in total. The van der Waals surface area contributed by atoms with Crippen molar-refractivity contribution in [2.24, 2.45) is 0 Å². The molecule has 0 heterocycles. The number of aryl methyl sites for hydroxylation is 1. The quantitative estimate of drug-likeness (QED) is 0.829. The number of benzene rings is 2. The third kappa shape index (κ3) is 4.91. The average molecular weight is 328 g/mol. The van der Waals surface area contributed by atoms with Crippen LogP contribution in [0.1, 0.15) is 36.6 Å². The van der Waals surface area contributed by atoms with Gasteiger partial charge in [-0.2, -0.15) is 0 Å². The van der Waals surface area contributed by atoms with Crippen LogP contribution in [0.2, 0.25) is 0 Å². The molecule has 0 aromatic heterocycles. The van der Waals surface area contributed by atoms with Crippen LogP contribution in [-0.4, -0.2) is 11.8 Å². The lowest BCUT2D eigenvalue weighted by Crippen LogP contribution is -2.40. The van der Waals surface area contributed by atoms with Crippen LogP contribution < -0.4 is 10.6 Å². The lowest BCUT2D eigenvalue weighted by molar-refractivity contribution is -0.139. The van der Waals surface area contributed by atoms with E-state index in [2.05, 4.69) is 17.6 Å². The van der Waals surface area contributed by atoms with Gasteiger partial charge in [-0.15, -0.1) is 0 Å². The average Bonchev–Trinajstić information content (AvgIpc) is 2.60. The van der Waals surface area contributed by atoms with E-state index >= 15 is 0 Å². The first-order chi connectivity index (χ1) is 11.5. The summed E-state index contributed by atoms with van der Waals surface area (Å²) in [7, 11) is 0. The monoisotopic (exact) mass is 328 g/mol. The smallest absolute Gasteiger partial charge is 0.309 e. The molecule has 0 radical (unpaired) electrons. The molecule has 2 N–H and O–H groups in total. The van der Waals surface area contributed by atoms with Gasteiger partial charge < -0.3 is 10.6 Å². The van der Waals surface area contributed by atoms with Crippen molar-refractivity contribution in [2.45, 2.75) is 32.9 Å². The van der Waals surface area contributed by atoms with Crippen LogP contribution in [0.15, 0.2) is 48.5 Å². The minimum absolute atomic E-state index is 0.173. The van der Waals surface area contributed by atoms with E-state index in [1.165, 1.54) is 17.7 Å². The van der Waals surface area contributed by atoms with Crippen molar-refractivity contribution in [3.05, 3.63) is 71.0 Å². The van der Waals surface area contributed by atoms with Crippen molar-refractivity contribution in [3.8, 4) is 0 Å². The van der Waals surface area contributed by atoms with Crippen molar-refractivity contribution in [1.82, 2.24) is 10.6 Å². The lowest BCUT2D eigenvalue weighted by Gasteiger charge is -2.14. The molecule has 0 spiro atoms. The summed E-state index contributed by atoms with van der Waals surface area (Å²) in [6, 6.07) is 13.4. The summed E-state index contributed by atoms with van der Waals surface area (Å²) in [6.07, 6.45) is 0.951. The fourth-order valence-corrected chi connectivity index (χ4v) is 2.25. The van der Waals surface area contributed by atoms with Crippen LogP contribution in [-0.2, 0) is 22.6 Å². The molecule has 1 atom stereocenters. The van der Waals surface area contributed by atoms with Crippen LogP contribution in [0.25, 0.3) is 0 Å². The number of halogens is 1. The summed E-state index contributed by atoms with van der Waals surface area (Å²) in [5.41, 5.74) is 2.88. The molecule has 24 heavy (non-hydrogen) atoms. The summed E-state index contributed by atoms with van der Waals surface area (Å²) in [4.78, 5) is 23.8. The minimum atomic E-state index is -0.712. The number of carbonyl (C=O) groups is 2. The number of carbonyl (C=O) groups excluding carboxylic acids is 2. The highest BCUT2D eigenvalue weighted by Gasteiger charge is 2.16. The second-order valence-corrected chi connectivity index (χ2v) is 5.60. The molecule has 126 valence electrons. The second kappa shape index (κ2) is 8.24. The molecule has 0 aliphatic carbocycles. The van der Waals surface area contributed by atoms with Crippen molar-refractivity contribution in [3.63, 3.8) is 0 Å². The number of hydrogen-bond acceptors (Lipinski definition) is 2. The zero-order valence-corrected chi connectivity index (χ0v) is 13.8. The van der Waals surface area contributed by atoms with Crippen molar-refractivity contribution < 1.29 is 14.0 Å². The third-order valence-corrected chi connectivity index (χ3v) is 3.81. The maximum Gasteiger partial charge on any atom is 0.309 e. The van der Waals surface area contributed by atoms with Gasteiger partial charge in [-0.3, -0.25) is 9.59 Å². The van der Waals surface area contributed by atoms with Gasteiger partial charge in [-0.25, -0.2) is 4.39 Å². The van der Waals surface area contributed by atoms with E-state index in [1.54, 1.807) is 12.1 Å². The Morgan fingerprint density at radius 1 is 0.958 bits per heavy atom. The fourth-order valence-electron chi connectivity index (χ4n) is 2.25. The molecule has 0 saturated heterocycles. The Hall–Kier alpha value is -2.69. The highest BCUT2D eigenvalue weighted by atomic mass is 19.1. The molecular weight excluding hydrogens is 307 g/mol. The summed E-state index contributed by atoms with van der Waals surface area (Å²) in [5.74, 6) is -1.74. The molecule has 0 fully saturated rings. The number of nitrogens with one attached hydrogen (secondary N) is 2. The van der Waals surface area contributed by atoms with Crippen LogP contribution in [0.5, 0.6) is 0 Å². The first-order valence-electron chi connectivity index (χ1n) is 7.91. The number of amides is 2. The van der Waals surface area contributed by atoms with Crippen LogP contribution in [0, 0.1) is 5.82 Å². The molecule has 2 rings (SSSR count). The summed E-state index contributed by atoms with van der Waals surface area (Å²) in [5, 5.41) is 5.19. The molecule has 0 bridgehead atoms. The molecule has 2 amide bonds. The van der Waals surface area contributed by atoms with E-state index < -0.39 is 11.8 Å². The SMILES string of the molecule is CCc1ccc(C(C)NC(=O)C(=O)NCc2ccc(F)cc2)cc1. The van der Waals surface area contributed by atoms with E-state index in [0.717, 1.165) is 17.5 Å². The summed E-state index contributed by atoms with van der Waals surface area (Å²) < 4.78 is 12.8. The van der Waals surface area contributed by atoms with Crippen molar-refractivity contribution >= 4 is 11.8 Å². The van der Waals surface area contributed by atoms with E-state index in [4.69, 9.17) is 0 Å². The van der Waals surface area contributed by atoms with Gasteiger partial charge >= 0.3 is 11.8 Å². The van der Waals surface area contributed by atoms with Crippen LogP contribution in [0.4, 0.5) is 4.39 Å². The van der Waals surface area contributed by atoms with Gasteiger partial charge in [0, 0.05) is 6.54 Å². The molecule has 2 aromatic rings. The largest absolute Gasteiger partial charge is 0.344 e. The fraction of sp³-hybridized carbons (Fsp3) is 0.263. The molecule has 1 unspecified atom stereocenters. The van der Waals surface area contributed by atoms with E-state index in [9.17, 15) is 14.0 Å². The maximum atomic E-state index is 12.8. The molecule has 0 saturated carbocycles. The maximum absolute atomic E-state index is 12.8. The first kappa shape index (κ1) is 17.7. The number of hydrogen-bond donors (Lipinski definition) is 2. The van der Waals surface area contributed by atoms with Gasteiger partial charge in [0.25, 0.3) is 0 Å². The predicted octanol–water partition coefficient (Wildman–Crippen LogP) is 2.88. The minimum Gasteiger partial charge on any atom is -0.344 e. The van der Waals surface area contributed by atoms with Crippen LogP contribution >= 0.6 is 0 Å². The Bertz CT molecular complexity index is 696. The second-order valence-electron chi connectivity index (χ2n) is 5.60.